The van der Waals surface area contributed by atoms with E-state index < -0.39 is 30.6 Å². The molecule has 0 aliphatic heterocycles. The molecular formula is C14H22F3N5O2. The smallest absolute Gasteiger partial charge is 0.346 e. The average molecular weight is 349 g/mol. The first kappa shape index (κ1) is 19.9. The second-order valence-corrected chi connectivity index (χ2v) is 5.82. The quantitative estimate of drug-likeness (QED) is 0.750. The number of hydrogen-bond donors (Lipinski definition) is 2. The van der Waals surface area contributed by atoms with E-state index in [4.69, 9.17) is 5.73 Å². The van der Waals surface area contributed by atoms with Gasteiger partial charge in [-0.25, -0.2) is 4.98 Å². The highest BCUT2D eigenvalue weighted by atomic mass is 19.4. The van der Waals surface area contributed by atoms with Crippen LogP contribution >= 0.6 is 0 Å². The van der Waals surface area contributed by atoms with Gasteiger partial charge in [-0.15, -0.1) is 0 Å². The second kappa shape index (κ2) is 8.13. The van der Waals surface area contributed by atoms with Crippen LogP contribution < -0.4 is 11.1 Å². The summed E-state index contributed by atoms with van der Waals surface area (Å²) in [5.41, 5.74) is 5.65. The Morgan fingerprint density at radius 3 is 2.58 bits per heavy atom. The molecule has 3 N–H and O–H groups in total. The summed E-state index contributed by atoms with van der Waals surface area (Å²) < 4.78 is 38.3. The normalized spacial score (nSPS) is 13.0. The van der Waals surface area contributed by atoms with Crippen LogP contribution in [0.4, 0.5) is 13.2 Å². The van der Waals surface area contributed by atoms with Crippen LogP contribution in [0, 0.1) is 5.92 Å². The lowest BCUT2D eigenvalue weighted by Gasteiger charge is -2.20. The lowest BCUT2D eigenvalue weighted by atomic mass is 10.1. The molecule has 1 aromatic rings. The number of amides is 2. The molecule has 2 amide bonds. The van der Waals surface area contributed by atoms with Gasteiger partial charge < -0.3 is 20.5 Å². The third kappa shape index (κ3) is 6.19. The Morgan fingerprint density at radius 1 is 1.42 bits per heavy atom. The summed E-state index contributed by atoms with van der Waals surface area (Å²) in [6.07, 6.45) is -1.94. The van der Waals surface area contributed by atoms with E-state index in [1.165, 1.54) is 24.3 Å². The molecule has 136 valence electrons. The number of carbonyl (C=O) groups is 2. The molecule has 0 fully saturated rings. The Labute approximate surface area is 138 Å². The molecule has 0 aromatic carbocycles. The monoisotopic (exact) mass is 349 g/mol. The maximum absolute atomic E-state index is 12.5. The van der Waals surface area contributed by atoms with Crippen LogP contribution in [0.25, 0.3) is 0 Å². The van der Waals surface area contributed by atoms with Gasteiger partial charge in [0.15, 0.2) is 0 Å². The zero-order valence-corrected chi connectivity index (χ0v) is 13.8. The molecule has 1 heterocycles. The van der Waals surface area contributed by atoms with Gasteiger partial charge in [-0.2, -0.15) is 13.2 Å². The number of alkyl halides is 3. The van der Waals surface area contributed by atoms with Crippen LogP contribution in [0.5, 0.6) is 0 Å². The van der Waals surface area contributed by atoms with Crippen molar-refractivity contribution in [1.29, 1.82) is 0 Å². The third-order valence-electron chi connectivity index (χ3n) is 3.39. The van der Waals surface area contributed by atoms with E-state index in [-0.39, 0.29) is 24.8 Å². The fourth-order valence-corrected chi connectivity index (χ4v) is 1.85. The molecule has 0 unspecified atom stereocenters. The van der Waals surface area contributed by atoms with E-state index in [1.54, 1.807) is 13.8 Å². The van der Waals surface area contributed by atoms with E-state index in [9.17, 15) is 22.8 Å². The van der Waals surface area contributed by atoms with Crippen LogP contribution in [0.15, 0.2) is 12.4 Å². The molecule has 0 saturated carbocycles. The molecule has 0 saturated heterocycles. The van der Waals surface area contributed by atoms with Crippen molar-refractivity contribution in [2.75, 3.05) is 13.6 Å². The molecule has 0 spiro atoms. The molecule has 0 aliphatic carbocycles. The number of aromatic nitrogens is 2. The molecule has 10 heteroatoms. The Balaban J connectivity index is 2.56. The number of carbonyl (C=O) groups excluding carboxylic acids is 2. The van der Waals surface area contributed by atoms with Crippen molar-refractivity contribution in [3.63, 3.8) is 0 Å². The van der Waals surface area contributed by atoms with E-state index in [2.05, 4.69) is 10.3 Å². The Bertz CT molecular complexity index is 571. The average Bonchev–Trinajstić information content (AvgIpc) is 2.88. The topological polar surface area (TPSA) is 93.2 Å². The van der Waals surface area contributed by atoms with Crippen molar-refractivity contribution >= 4 is 11.8 Å². The van der Waals surface area contributed by atoms with E-state index >= 15 is 0 Å². The Hall–Kier alpha value is -2.10. The highest BCUT2D eigenvalue weighted by molar-refractivity contribution is 5.87. The minimum Gasteiger partial charge on any atom is -0.346 e. The number of hydrogen-bond acceptors (Lipinski definition) is 4. The number of imidazole rings is 1. The second-order valence-electron chi connectivity index (χ2n) is 5.82. The molecule has 1 rings (SSSR count). The fraction of sp³-hybridized carbons (Fsp3) is 0.643. The number of rotatable bonds is 7. The first-order valence-corrected chi connectivity index (χ1v) is 7.35. The summed E-state index contributed by atoms with van der Waals surface area (Å²) in [5, 5.41) is 2.41. The first-order chi connectivity index (χ1) is 11.0. The fourth-order valence-electron chi connectivity index (χ4n) is 1.85. The van der Waals surface area contributed by atoms with Gasteiger partial charge in [0.2, 0.25) is 11.8 Å². The van der Waals surface area contributed by atoms with Crippen LogP contribution in [0.3, 0.4) is 0 Å². The first-order valence-electron chi connectivity index (χ1n) is 7.35. The van der Waals surface area contributed by atoms with E-state index in [0.717, 1.165) is 4.57 Å². The molecule has 0 radical (unpaired) electrons. The summed E-state index contributed by atoms with van der Waals surface area (Å²) >= 11 is 0. The zero-order valence-electron chi connectivity index (χ0n) is 13.8. The molecule has 0 aliphatic rings. The van der Waals surface area contributed by atoms with Crippen LogP contribution in [0.1, 0.15) is 19.7 Å². The van der Waals surface area contributed by atoms with Crippen LogP contribution in [-0.2, 0) is 22.7 Å². The number of halogens is 3. The van der Waals surface area contributed by atoms with Gasteiger partial charge in [0.1, 0.15) is 12.4 Å². The van der Waals surface area contributed by atoms with Crippen molar-refractivity contribution in [3.8, 4) is 0 Å². The van der Waals surface area contributed by atoms with Crippen molar-refractivity contribution in [2.24, 2.45) is 11.7 Å². The zero-order chi connectivity index (χ0) is 18.5. The molecule has 7 nitrogen and oxygen atoms in total. The standard InChI is InChI=1S/C14H22F3N5O2/c1-9(2)12(18)13(24)20-6-11(23)21(3)7-10-19-4-5-22(10)8-14(15,16)17/h4-5,9,12H,6-8,18H2,1-3H3,(H,20,24)/t12-/m0/s1. The number of nitrogens with one attached hydrogen (secondary N) is 1. The predicted molar refractivity (Wildman–Crippen MR) is 80.6 cm³/mol. The third-order valence-corrected chi connectivity index (χ3v) is 3.39. The Kier molecular flexibility index (Phi) is 6.76. The molecule has 1 atom stereocenters. The van der Waals surface area contributed by atoms with Crippen molar-refractivity contribution < 1.29 is 22.8 Å². The van der Waals surface area contributed by atoms with Gasteiger partial charge >= 0.3 is 6.18 Å². The summed E-state index contributed by atoms with van der Waals surface area (Å²) in [6, 6.07) is -0.728. The summed E-state index contributed by atoms with van der Waals surface area (Å²) in [4.78, 5) is 28.7. The minimum absolute atomic E-state index is 0.0762. The van der Waals surface area contributed by atoms with Crippen LogP contribution in [-0.4, -0.2) is 52.1 Å². The number of likely N-dealkylation sites (N-methyl/N-ethyl adjacent to an activating group) is 1. The minimum atomic E-state index is -4.38. The molecule has 0 bridgehead atoms. The summed E-state index contributed by atoms with van der Waals surface area (Å²) in [5.74, 6) is -0.882. The predicted octanol–water partition coefficient (Wildman–Crippen LogP) is 0.503. The molecule has 1 aromatic heterocycles. The Morgan fingerprint density at radius 2 is 2.04 bits per heavy atom. The molecule has 24 heavy (non-hydrogen) atoms. The highest BCUT2D eigenvalue weighted by Gasteiger charge is 2.29. The summed E-state index contributed by atoms with van der Waals surface area (Å²) in [7, 11) is 1.42. The van der Waals surface area contributed by atoms with Crippen molar-refractivity contribution in [2.45, 2.75) is 39.2 Å². The van der Waals surface area contributed by atoms with Crippen molar-refractivity contribution in [1.82, 2.24) is 19.8 Å². The SMILES string of the molecule is CC(C)[C@H](N)C(=O)NCC(=O)N(C)Cc1nccn1CC(F)(F)F. The summed E-state index contributed by atoms with van der Waals surface area (Å²) in [6.45, 7) is 1.99. The lowest BCUT2D eigenvalue weighted by Crippen LogP contribution is -2.47. The van der Waals surface area contributed by atoms with Crippen molar-refractivity contribution in [3.05, 3.63) is 18.2 Å². The number of nitrogens with two attached hydrogens (primary N) is 1. The largest absolute Gasteiger partial charge is 0.406 e. The van der Waals surface area contributed by atoms with Gasteiger partial charge in [0.25, 0.3) is 0 Å². The van der Waals surface area contributed by atoms with E-state index in [1.807, 2.05) is 0 Å². The molecular weight excluding hydrogens is 327 g/mol. The lowest BCUT2D eigenvalue weighted by molar-refractivity contribution is -0.141. The van der Waals surface area contributed by atoms with E-state index in [0.29, 0.717) is 0 Å². The highest BCUT2D eigenvalue weighted by Crippen LogP contribution is 2.18. The maximum Gasteiger partial charge on any atom is 0.406 e. The van der Waals surface area contributed by atoms with Gasteiger partial charge in [-0.05, 0) is 5.92 Å². The van der Waals surface area contributed by atoms with Gasteiger partial charge in [0.05, 0.1) is 19.1 Å². The van der Waals surface area contributed by atoms with Gasteiger partial charge in [-0.1, -0.05) is 13.8 Å². The van der Waals surface area contributed by atoms with Crippen LogP contribution in [0.2, 0.25) is 0 Å². The maximum atomic E-state index is 12.5. The van der Waals surface area contributed by atoms with Gasteiger partial charge in [0, 0.05) is 19.4 Å². The van der Waals surface area contributed by atoms with Gasteiger partial charge in [-0.3, -0.25) is 9.59 Å². The number of nitrogens with zero attached hydrogens (tertiary/aromatic N) is 3.